The summed E-state index contributed by atoms with van der Waals surface area (Å²) in [7, 11) is 0. The van der Waals surface area contributed by atoms with Crippen molar-refractivity contribution in [3.63, 3.8) is 0 Å². The van der Waals surface area contributed by atoms with E-state index in [4.69, 9.17) is 5.73 Å². The van der Waals surface area contributed by atoms with E-state index in [9.17, 15) is 0 Å². The lowest BCUT2D eigenvalue weighted by atomic mass is 10.2. The van der Waals surface area contributed by atoms with Crippen LogP contribution in [0.4, 0.5) is 0 Å². The average Bonchev–Trinajstić information content (AvgIpc) is 3.08. The van der Waals surface area contributed by atoms with E-state index in [0.29, 0.717) is 12.5 Å². The normalized spacial score (nSPS) is 14.4. The summed E-state index contributed by atoms with van der Waals surface area (Å²) in [6.07, 6.45) is 4.62. The molecule has 0 aliphatic heterocycles. The van der Waals surface area contributed by atoms with Crippen LogP contribution in [0.15, 0.2) is 36.5 Å². The third-order valence-electron chi connectivity index (χ3n) is 3.04. The molecule has 1 fully saturated rings. The maximum atomic E-state index is 5.57. The van der Waals surface area contributed by atoms with E-state index in [-0.39, 0.29) is 12.4 Å². The van der Waals surface area contributed by atoms with Crippen molar-refractivity contribution in [1.29, 1.82) is 0 Å². The van der Waals surface area contributed by atoms with Crippen LogP contribution in [0, 0.1) is 0 Å². The second kappa shape index (κ2) is 4.90. The monoisotopic (exact) mass is 249 g/mol. The van der Waals surface area contributed by atoms with Gasteiger partial charge in [0, 0.05) is 18.7 Å². The van der Waals surface area contributed by atoms with Gasteiger partial charge in [-0.3, -0.25) is 0 Å². The van der Waals surface area contributed by atoms with Crippen LogP contribution in [0.25, 0.3) is 5.69 Å². The fraction of sp³-hybridized carbons (Fsp3) is 0.308. The maximum absolute atomic E-state index is 5.57. The molecular weight excluding hydrogens is 234 g/mol. The molecule has 17 heavy (non-hydrogen) atoms. The van der Waals surface area contributed by atoms with Crippen molar-refractivity contribution in [1.82, 2.24) is 9.78 Å². The predicted octanol–water partition coefficient (Wildman–Crippen LogP) is 2.63. The van der Waals surface area contributed by atoms with Crippen LogP contribution in [0.5, 0.6) is 0 Å². The van der Waals surface area contributed by atoms with E-state index >= 15 is 0 Å². The molecule has 1 aliphatic rings. The van der Waals surface area contributed by atoms with Gasteiger partial charge in [-0.2, -0.15) is 5.10 Å². The van der Waals surface area contributed by atoms with Crippen molar-refractivity contribution >= 4 is 12.4 Å². The van der Waals surface area contributed by atoms with E-state index in [1.54, 1.807) is 0 Å². The number of hydrogen-bond acceptors (Lipinski definition) is 2. The van der Waals surface area contributed by atoms with Gasteiger partial charge < -0.3 is 5.73 Å². The summed E-state index contributed by atoms with van der Waals surface area (Å²) in [5.41, 5.74) is 9.05. The van der Waals surface area contributed by atoms with Crippen molar-refractivity contribution in [2.45, 2.75) is 25.3 Å². The van der Waals surface area contributed by atoms with E-state index in [1.807, 2.05) is 23.0 Å². The first-order valence-electron chi connectivity index (χ1n) is 5.72. The topological polar surface area (TPSA) is 43.8 Å². The highest BCUT2D eigenvalue weighted by atomic mass is 35.5. The Balaban J connectivity index is 0.00000108. The number of nitrogens with zero attached hydrogens (tertiary/aromatic N) is 2. The Morgan fingerprint density at radius 2 is 1.88 bits per heavy atom. The van der Waals surface area contributed by atoms with Gasteiger partial charge in [0.1, 0.15) is 0 Å². The summed E-state index contributed by atoms with van der Waals surface area (Å²) < 4.78 is 1.94. The van der Waals surface area contributed by atoms with Crippen LogP contribution < -0.4 is 5.73 Å². The molecule has 1 saturated carbocycles. The molecule has 4 heteroatoms. The van der Waals surface area contributed by atoms with Gasteiger partial charge in [-0.05, 0) is 36.6 Å². The first-order valence-corrected chi connectivity index (χ1v) is 5.72. The van der Waals surface area contributed by atoms with Crippen LogP contribution in [-0.2, 0) is 6.54 Å². The van der Waals surface area contributed by atoms with E-state index in [1.165, 1.54) is 18.5 Å². The van der Waals surface area contributed by atoms with Crippen molar-refractivity contribution < 1.29 is 0 Å². The van der Waals surface area contributed by atoms with Gasteiger partial charge in [0.2, 0.25) is 0 Å². The van der Waals surface area contributed by atoms with E-state index in [2.05, 4.69) is 23.3 Å². The minimum absolute atomic E-state index is 0. The lowest BCUT2D eigenvalue weighted by Crippen LogP contribution is -1.98. The van der Waals surface area contributed by atoms with Gasteiger partial charge in [0.05, 0.1) is 11.4 Å². The predicted molar refractivity (Wildman–Crippen MR) is 70.7 cm³/mol. The van der Waals surface area contributed by atoms with Gasteiger partial charge >= 0.3 is 0 Å². The second-order valence-corrected chi connectivity index (χ2v) is 4.33. The summed E-state index contributed by atoms with van der Waals surface area (Å²) in [4.78, 5) is 0. The van der Waals surface area contributed by atoms with E-state index < -0.39 is 0 Å². The average molecular weight is 250 g/mol. The Kier molecular flexibility index (Phi) is 3.50. The van der Waals surface area contributed by atoms with Crippen molar-refractivity contribution in [3.8, 4) is 5.69 Å². The third-order valence-corrected chi connectivity index (χ3v) is 3.04. The van der Waals surface area contributed by atoms with Crippen LogP contribution >= 0.6 is 12.4 Å². The Labute approximate surface area is 107 Å². The van der Waals surface area contributed by atoms with Gasteiger partial charge in [0.25, 0.3) is 0 Å². The molecule has 1 aromatic heterocycles. The third kappa shape index (κ3) is 2.51. The zero-order chi connectivity index (χ0) is 11.0. The number of rotatable bonds is 3. The van der Waals surface area contributed by atoms with Gasteiger partial charge in [-0.1, -0.05) is 12.1 Å². The van der Waals surface area contributed by atoms with Crippen LogP contribution in [0.1, 0.15) is 30.0 Å². The molecule has 3 nitrogen and oxygen atoms in total. The van der Waals surface area contributed by atoms with Crippen LogP contribution in [-0.4, -0.2) is 9.78 Å². The zero-order valence-electron chi connectivity index (χ0n) is 9.54. The highest BCUT2D eigenvalue weighted by molar-refractivity contribution is 5.85. The molecule has 0 spiro atoms. The number of aromatic nitrogens is 2. The standard InChI is InChI=1S/C13H15N3.ClH/c14-9-10-1-5-12(6-2-10)16-8-7-13(15-16)11-3-4-11;/h1-2,5-8,11H,3-4,9,14H2;1H. The molecule has 1 aromatic carbocycles. The molecule has 0 unspecified atom stereocenters. The Morgan fingerprint density at radius 3 is 2.47 bits per heavy atom. The molecule has 3 rings (SSSR count). The first kappa shape index (κ1) is 12.1. The quantitative estimate of drug-likeness (QED) is 0.909. The number of nitrogens with two attached hydrogens (primary N) is 1. The lowest BCUT2D eigenvalue weighted by Gasteiger charge is -2.02. The van der Waals surface area contributed by atoms with Crippen LogP contribution in [0.2, 0.25) is 0 Å². The highest BCUT2D eigenvalue weighted by Gasteiger charge is 2.25. The summed E-state index contributed by atoms with van der Waals surface area (Å²) in [6.45, 7) is 0.590. The Hall–Kier alpha value is -1.32. The summed E-state index contributed by atoms with van der Waals surface area (Å²) in [5, 5.41) is 4.58. The molecule has 0 radical (unpaired) electrons. The summed E-state index contributed by atoms with van der Waals surface area (Å²) >= 11 is 0. The molecular formula is C13H16ClN3. The highest BCUT2D eigenvalue weighted by Crippen LogP contribution is 2.38. The molecule has 0 atom stereocenters. The Morgan fingerprint density at radius 1 is 1.18 bits per heavy atom. The second-order valence-electron chi connectivity index (χ2n) is 4.33. The maximum Gasteiger partial charge on any atom is 0.0659 e. The molecule has 1 heterocycles. The van der Waals surface area contributed by atoms with Gasteiger partial charge in [-0.15, -0.1) is 12.4 Å². The Bertz CT molecular complexity index is 486. The minimum Gasteiger partial charge on any atom is -0.326 e. The lowest BCUT2D eigenvalue weighted by molar-refractivity contribution is 0.836. The molecule has 1 aliphatic carbocycles. The summed E-state index contributed by atoms with van der Waals surface area (Å²) in [6, 6.07) is 10.3. The van der Waals surface area contributed by atoms with Crippen molar-refractivity contribution in [2.75, 3.05) is 0 Å². The fourth-order valence-corrected chi connectivity index (χ4v) is 1.86. The molecule has 0 amide bonds. The van der Waals surface area contributed by atoms with Gasteiger partial charge in [0.15, 0.2) is 0 Å². The SMILES string of the molecule is Cl.NCc1ccc(-n2ccc(C3CC3)n2)cc1. The molecule has 90 valence electrons. The molecule has 0 bridgehead atoms. The number of benzene rings is 1. The number of hydrogen-bond donors (Lipinski definition) is 1. The van der Waals surface area contributed by atoms with Gasteiger partial charge in [-0.25, -0.2) is 4.68 Å². The minimum atomic E-state index is 0. The largest absolute Gasteiger partial charge is 0.326 e. The molecule has 0 saturated heterocycles. The zero-order valence-corrected chi connectivity index (χ0v) is 10.4. The summed E-state index contributed by atoms with van der Waals surface area (Å²) in [5.74, 6) is 0.713. The van der Waals surface area contributed by atoms with Crippen molar-refractivity contribution in [2.24, 2.45) is 5.73 Å². The van der Waals surface area contributed by atoms with Crippen molar-refractivity contribution in [3.05, 3.63) is 47.8 Å². The molecule has 2 aromatic rings. The number of halogens is 1. The molecule has 2 N–H and O–H groups in total. The van der Waals surface area contributed by atoms with E-state index in [0.717, 1.165) is 11.3 Å². The fourth-order valence-electron chi connectivity index (χ4n) is 1.86. The first-order chi connectivity index (χ1) is 7.86. The smallest absolute Gasteiger partial charge is 0.0659 e. The van der Waals surface area contributed by atoms with Crippen LogP contribution in [0.3, 0.4) is 0 Å².